The summed E-state index contributed by atoms with van der Waals surface area (Å²) in [6.45, 7) is 7.52. The Labute approximate surface area is 193 Å². The maximum atomic E-state index is 13.7. The van der Waals surface area contributed by atoms with Gasteiger partial charge in [-0.05, 0) is 43.9 Å². The molecule has 0 radical (unpaired) electrons. The molecule has 5 nitrogen and oxygen atoms in total. The molecule has 0 aromatic heterocycles. The van der Waals surface area contributed by atoms with Gasteiger partial charge in [-0.15, -0.1) is 0 Å². The molecule has 0 saturated heterocycles. The van der Waals surface area contributed by atoms with Gasteiger partial charge in [-0.1, -0.05) is 33.3 Å². The third-order valence-corrected chi connectivity index (χ3v) is 5.83. The summed E-state index contributed by atoms with van der Waals surface area (Å²) >= 11 is 0. The van der Waals surface area contributed by atoms with Crippen LogP contribution in [0.25, 0.3) is 0 Å². The van der Waals surface area contributed by atoms with Gasteiger partial charge >= 0.3 is 6.18 Å². The largest absolute Gasteiger partial charge is 0.416 e. The summed E-state index contributed by atoms with van der Waals surface area (Å²) < 4.78 is 40.6. The van der Waals surface area contributed by atoms with Crippen molar-refractivity contribution < 1.29 is 18.0 Å². The number of nitrogens with two attached hydrogens (primary N) is 1. The summed E-state index contributed by atoms with van der Waals surface area (Å²) in [6, 6.07) is 1.79. The Morgan fingerprint density at radius 1 is 1.30 bits per heavy atom. The molecule has 2 rings (SSSR count). The molecule has 0 fully saturated rings. The van der Waals surface area contributed by atoms with Gasteiger partial charge in [-0.3, -0.25) is 9.79 Å². The Hall–Kier alpha value is -2.90. The van der Waals surface area contributed by atoms with Crippen molar-refractivity contribution in [3.63, 3.8) is 0 Å². The third kappa shape index (κ3) is 5.92. The van der Waals surface area contributed by atoms with Crippen LogP contribution < -0.4 is 5.73 Å². The van der Waals surface area contributed by atoms with Crippen molar-refractivity contribution >= 4 is 17.8 Å². The number of allylic oxidation sites excluding steroid dienone is 1. The van der Waals surface area contributed by atoms with Crippen molar-refractivity contribution in [3.05, 3.63) is 57.9 Å². The van der Waals surface area contributed by atoms with Crippen LogP contribution >= 0.6 is 0 Å². The Balaban J connectivity index is 2.57. The molecule has 1 unspecified atom stereocenters. The van der Waals surface area contributed by atoms with E-state index >= 15 is 0 Å². The first-order valence-electron chi connectivity index (χ1n) is 11.3. The number of amides is 1. The SMILES string of the molecule is CC/C=C/N=Cc1c(C(=O)N2CCC(N)=C(C(=N)CCC)C2CC)ccc(C(F)(F)F)c1C. The summed E-state index contributed by atoms with van der Waals surface area (Å²) in [5.74, 6) is -0.381. The lowest BCUT2D eigenvalue weighted by atomic mass is 9.88. The smallest absolute Gasteiger partial charge is 0.402 e. The number of nitrogens with one attached hydrogen (secondary N) is 1. The van der Waals surface area contributed by atoms with Gasteiger partial charge in [0.2, 0.25) is 0 Å². The molecular weight excluding hydrogens is 429 g/mol. The summed E-state index contributed by atoms with van der Waals surface area (Å²) in [7, 11) is 0. The Bertz CT molecular complexity index is 977. The van der Waals surface area contributed by atoms with E-state index in [1.807, 2.05) is 20.8 Å². The van der Waals surface area contributed by atoms with E-state index in [0.717, 1.165) is 18.9 Å². The number of aliphatic imine (C=N–C) groups is 1. The first-order chi connectivity index (χ1) is 15.6. The Morgan fingerprint density at radius 2 is 2.00 bits per heavy atom. The quantitative estimate of drug-likeness (QED) is 0.464. The molecule has 0 saturated carbocycles. The number of benzene rings is 1. The zero-order valence-corrected chi connectivity index (χ0v) is 19.7. The highest BCUT2D eigenvalue weighted by molar-refractivity contribution is 6.05. The van der Waals surface area contributed by atoms with Crippen LogP contribution in [0.1, 0.15) is 79.9 Å². The number of hydrogen-bond donors (Lipinski definition) is 2. The van der Waals surface area contributed by atoms with Gasteiger partial charge in [0.1, 0.15) is 0 Å². The van der Waals surface area contributed by atoms with Crippen LogP contribution in [0.3, 0.4) is 0 Å². The molecule has 1 atom stereocenters. The summed E-state index contributed by atoms with van der Waals surface area (Å²) in [5.41, 5.74) is 7.41. The molecule has 0 bridgehead atoms. The molecular formula is C25H33F3N4O. The normalized spacial score (nSPS) is 17.4. The highest BCUT2D eigenvalue weighted by Crippen LogP contribution is 2.35. The molecule has 180 valence electrons. The summed E-state index contributed by atoms with van der Waals surface area (Å²) in [5, 5.41) is 8.46. The van der Waals surface area contributed by atoms with Crippen molar-refractivity contribution in [2.24, 2.45) is 10.7 Å². The molecule has 1 aliphatic rings. The number of nitrogens with zero attached hydrogens (tertiary/aromatic N) is 2. The molecule has 8 heteroatoms. The monoisotopic (exact) mass is 462 g/mol. The van der Waals surface area contributed by atoms with Crippen LogP contribution in [0.4, 0.5) is 13.2 Å². The van der Waals surface area contributed by atoms with E-state index in [-0.39, 0.29) is 22.6 Å². The topological polar surface area (TPSA) is 82.5 Å². The van der Waals surface area contributed by atoms with Crippen LogP contribution in [0, 0.1) is 12.3 Å². The van der Waals surface area contributed by atoms with Crippen LogP contribution in [-0.2, 0) is 6.18 Å². The fourth-order valence-electron chi connectivity index (χ4n) is 4.18. The fraction of sp³-hybridized carbons (Fsp3) is 0.480. The minimum Gasteiger partial charge on any atom is -0.402 e. The zero-order valence-electron chi connectivity index (χ0n) is 19.7. The Morgan fingerprint density at radius 3 is 2.58 bits per heavy atom. The average molecular weight is 463 g/mol. The standard InChI is InChI=1S/C25H33F3N4O/c1-5-8-13-31-15-18-16(4)19(25(26,27)28)11-10-17(18)24(33)32-14-12-21(30)23(22(32)7-3)20(29)9-6-2/h8,10-11,13,15,22,29H,5-7,9,12,14,30H2,1-4H3/b13-8+,29-20?,31-15?. The molecule has 1 heterocycles. The van der Waals surface area contributed by atoms with Crippen molar-refractivity contribution in [2.45, 2.75) is 72.0 Å². The number of halogens is 3. The van der Waals surface area contributed by atoms with Gasteiger partial charge in [-0.25, -0.2) is 0 Å². The number of carbonyl (C=O) groups excluding carboxylic acids is 1. The number of rotatable bonds is 8. The lowest BCUT2D eigenvalue weighted by Crippen LogP contribution is -2.47. The number of alkyl halides is 3. The van der Waals surface area contributed by atoms with E-state index in [4.69, 9.17) is 11.1 Å². The van der Waals surface area contributed by atoms with Crippen molar-refractivity contribution in [3.8, 4) is 0 Å². The first-order valence-corrected chi connectivity index (χ1v) is 11.3. The molecule has 0 spiro atoms. The average Bonchev–Trinajstić information content (AvgIpc) is 2.75. The summed E-state index contributed by atoms with van der Waals surface area (Å²) in [4.78, 5) is 19.4. The van der Waals surface area contributed by atoms with Gasteiger partial charge in [0.25, 0.3) is 5.91 Å². The Kier molecular flexibility index (Phi) is 9.02. The second-order valence-corrected chi connectivity index (χ2v) is 8.11. The van der Waals surface area contributed by atoms with Gasteiger partial charge in [0, 0.05) is 53.5 Å². The first kappa shape index (κ1) is 26.4. The predicted octanol–water partition coefficient (Wildman–Crippen LogP) is 6.01. The van der Waals surface area contributed by atoms with Crippen LogP contribution in [0.5, 0.6) is 0 Å². The maximum absolute atomic E-state index is 13.7. The lowest BCUT2D eigenvalue weighted by molar-refractivity contribution is -0.138. The van der Waals surface area contributed by atoms with E-state index in [2.05, 4.69) is 4.99 Å². The molecule has 33 heavy (non-hydrogen) atoms. The highest BCUT2D eigenvalue weighted by Gasteiger charge is 2.37. The van der Waals surface area contributed by atoms with Gasteiger partial charge in [0.05, 0.1) is 11.6 Å². The highest BCUT2D eigenvalue weighted by atomic mass is 19.4. The molecule has 1 aliphatic heterocycles. The fourth-order valence-corrected chi connectivity index (χ4v) is 4.18. The van der Waals surface area contributed by atoms with E-state index in [1.54, 1.807) is 11.0 Å². The number of carbonyl (C=O) groups is 1. The van der Waals surface area contributed by atoms with Gasteiger partial charge < -0.3 is 16.0 Å². The maximum Gasteiger partial charge on any atom is 0.416 e. The van der Waals surface area contributed by atoms with Gasteiger partial charge in [-0.2, -0.15) is 13.2 Å². The van der Waals surface area contributed by atoms with E-state index < -0.39 is 17.8 Å². The summed E-state index contributed by atoms with van der Waals surface area (Å²) in [6.07, 6.45) is 3.11. The molecule has 1 amide bonds. The van der Waals surface area contributed by atoms with Crippen molar-refractivity contribution in [2.75, 3.05) is 6.54 Å². The molecule has 3 N–H and O–H groups in total. The molecule has 1 aromatic carbocycles. The molecule has 0 aliphatic carbocycles. The minimum atomic E-state index is -4.54. The van der Waals surface area contributed by atoms with Crippen molar-refractivity contribution in [1.82, 2.24) is 4.90 Å². The second-order valence-electron chi connectivity index (χ2n) is 8.11. The second kappa shape index (κ2) is 11.3. The van der Waals surface area contributed by atoms with E-state index in [0.29, 0.717) is 42.8 Å². The lowest BCUT2D eigenvalue weighted by Gasteiger charge is -2.38. The van der Waals surface area contributed by atoms with Gasteiger partial charge in [0.15, 0.2) is 0 Å². The van der Waals surface area contributed by atoms with Crippen LogP contribution in [-0.4, -0.2) is 35.3 Å². The zero-order chi connectivity index (χ0) is 24.8. The van der Waals surface area contributed by atoms with Crippen molar-refractivity contribution in [1.29, 1.82) is 5.41 Å². The minimum absolute atomic E-state index is 0.0407. The van der Waals surface area contributed by atoms with E-state index in [1.165, 1.54) is 25.4 Å². The number of hydrogen-bond acceptors (Lipinski definition) is 4. The van der Waals surface area contributed by atoms with E-state index in [9.17, 15) is 18.0 Å². The van der Waals surface area contributed by atoms with Crippen LogP contribution in [0.2, 0.25) is 0 Å². The van der Waals surface area contributed by atoms with Crippen LogP contribution in [0.15, 0.2) is 40.7 Å². The predicted molar refractivity (Wildman–Crippen MR) is 127 cm³/mol. The third-order valence-electron chi connectivity index (χ3n) is 5.83. The molecule has 1 aromatic rings.